The molecule has 0 spiro atoms. The molecule has 130 valence electrons. The van der Waals surface area contributed by atoms with E-state index in [-0.39, 0.29) is 11.4 Å². The van der Waals surface area contributed by atoms with Gasteiger partial charge in [-0.05, 0) is 46.3 Å². The van der Waals surface area contributed by atoms with E-state index in [2.05, 4.69) is 15.5 Å². The number of hydrogen-bond acceptors (Lipinski definition) is 6. The number of ether oxygens (including phenoxy) is 1. The smallest absolute Gasteiger partial charge is 0.243 e. The fourth-order valence-electron chi connectivity index (χ4n) is 2.32. The second-order valence-corrected chi connectivity index (χ2v) is 7.41. The first-order chi connectivity index (χ1) is 12.0. The van der Waals surface area contributed by atoms with Gasteiger partial charge in [0.05, 0.1) is 17.7 Å². The lowest BCUT2D eigenvalue weighted by molar-refractivity contribution is 0.414. The molecule has 0 N–H and O–H groups in total. The molecule has 3 aromatic rings. The van der Waals surface area contributed by atoms with Gasteiger partial charge < -0.3 is 4.74 Å². The van der Waals surface area contributed by atoms with Crippen LogP contribution in [0.5, 0.6) is 5.75 Å². The first kappa shape index (κ1) is 17.1. The van der Waals surface area contributed by atoms with Crippen molar-refractivity contribution in [2.24, 2.45) is 0 Å². The lowest BCUT2D eigenvalue weighted by Gasteiger charge is -2.18. The highest BCUT2D eigenvalue weighted by Gasteiger charge is 2.21. The second-order valence-electron chi connectivity index (χ2n) is 5.36. The number of rotatable bonds is 6. The van der Waals surface area contributed by atoms with Crippen molar-refractivity contribution >= 4 is 10.0 Å². The third-order valence-corrected chi connectivity index (χ3v) is 5.50. The van der Waals surface area contributed by atoms with Gasteiger partial charge in [0.25, 0.3) is 0 Å². The fraction of sp³-hybridized carbons (Fsp3) is 0.188. The Morgan fingerprint density at radius 3 is 2.56 bits per heavy atom. The molecule has 9 heteroatoms. The SMILES string of the molecule is COc1ccc(CN(C)S(=O)(=O)c2cccc(-n3cnnn3)c2)cc1. The Hall–Kier alpha value is -2.78. The number of nitrogens with zero attached hydrogens (tertiary/aromatic N) is 5. The molecule has 1 heterocycles. The van der Waals surface area contributed by atoms with Crippen molar-refractivity contribution in [3.63, 3.8) is 0 Å². The second kappa shape index (κ2) is 6.99. The number of methoxy groups -OCH3 is 1. The van der Waals surface area contributed by atoms with Gasteiger partial charge in [-0.2, -0.15) is 4.31 Å². The normalized spacial score (nSPS) is 11.6. The Kier molecular flexibility index (Phi) is 4.77. The van der Waals surface area contributed by atoms with Crippen LogP contribution in [0.1, 0.15) is 5.56 Å². The van der Waals surface area contributed by atoms with Crippen LogP contribution in [0.25, 0.3) is 5.69 Å². The summed E-state index contributed by atoms with van der Waals surface area (Å²) in [6.45, 7) is 0.251. The minimum Gasteiger partial charge on any atom is -0.497 e. The summed E-state index contributed by atoms with van der Waals surface area (Å²) in [5.41, 5.74) is 1.44. The Bertz CT molecular complexity index is 940. The van der Waals surface area contributed by atoms with E-state index >= 15 is 0 Å². The van der Waals surface area contributed by atoms with Crippen molar-refractivity contribution in [1.82, 2.24) is 24.5 Å². The molecule has 0 amide bonds. The number of tetrazole rings is 1. The maximum atomic E-state index is 12.8. The third kappa shape index (κ3) is 3.67. The molecule has 0 bridgehead atoms. The molecule has 0 atom stereocenters. The molecule has 1 aromatic heterocycles. The van der Waals surface area contributed by atoms with Gasteiger partial charge in [-0.1, -0.05) is 18.2 Å². The van der Waals surface area contributed by atoms with Gasteiger partial charge in [0, 0.05) is 13.6 Å². The van der Waals surface area contributed by atoms with Crippen LogP contribution in [0, 0.1) is 0 Å². The third-order valence-electron chi connectivity index (χ3n) is 3.70. The fourth-order valence-corrected chi connectivity index (χ4v) is 3.52. The highest BCUT2D eigenvalue weighted by molar-refractivity contribution is 7.89. The van der Waals surface area contributed by atoms with E-state index in [0.29, 0.717) is 5.69 Å². The molecule has 2 aromatic carbocycles. The van der Waals surface area contributed by atoms with E-state index in [0.717, 1.165) is 11.3 Å². The van der Waals surface area contributed by atoms with Crippen molar-refractivity contribution in [3.05, 3.63) is 60.4 Å². The van der Waals surface area contributed by atoms with Crippen molar-refractivity contribution < 1.29 is 13.2 Å². The Morgan fingerprint density at radius 2 is 1.92 bits per heavy atom. The van der Waals surface area contributed by atoms with E-state index in [1.165, 1.54) is 21.4 Å². The Morgan fingerprint density at radius 1 is 1.16 bits per heavy atom. The molecule has 25 heavy (non-hydrogen) atoms. The van der Waals surface area contributed by atoms with Gasteiger partial charge in [-0.3, -0.25) is 0 Å². The van der Waals surface area contributed by atoms with Crippen LogP contribution in [-0.4, -0.2) is 47.1 Å². The molecule has 8 nitrogen and oxygen atoms in total. The van der Waals surface area contributed by atoms with Crippen LogP contribution >= 0.6 is 0 Å². The van der Waals surface area contributed by atoms with E-state index in [1.54, 1.807) is 44.5 Å². The predicted molar refractivity (Wildman–Crippen MR) is 90.8 cm³/mol. The zero-order valence-corrected chi connectivity index (χ0v) is 14.6. The van der Waals surface area contributed by atoms with Crippen molar-refractivity contribution in [3.8, 4) is 11.4 Å². The van der Waals surface area contributed by atoms with E-state index in [4.69, 9.17) is 4.74 Å². The first-order valence-electron chi connectivity index (χ1n) is 7.43. The zero-order chi connectivity index (χ0) is 17.9. The molecule has 0 saturated heterocycles. The van der Waals surface area contributed by atoms with Gasteiger partial charge in [0.2, 0.25) is 10.0 Å². The maximum absolute atomic E-state index is 12.8. The van der Waals surface area contributed by atoms with Gasteiger partial charge in [-0.15, -0.1) is 5.10 Å². The summed E-state index contributed by atoms with van der Waals surface area (Å²) in [7, 11) is -0.515. The summed E-state index contributed by atoms with van der Waals surface area (Å²) >= 11 is 0. The van der Waals surface area contributed by atoms with E-state index in [1.807, 2.05) is 12.1 Å². The van der Waals surface area contributed by atoms with Gasteiger partial charge in [-0.25, -0.2) is 13.1 Å². The summed E-state index contributed by atoms with van der Waals surface area (Å²) < 4.78 is 33.5. The average Bonchev–Trinajstić information content (AvgIpc) is 3.17. The molecular weight excluding hydrogens is 342 g/mol. The average molecular weight is 359 g/mol. The molecule has 0 aliphatic heterocycles. The number of sulfonamides is 1. The summed E-state index contributed by atoms with van der Waals surface area (Å²) in [5, 5.41) is 10.9. The largest absolute Gasteiger partial charge is 0.497 e. The van der Waals surface area contributed by atoms with Crippen LogP contribution in [0.2, 0.25) is 0 Å². The quantitative estimate of drug-likeness (QED) is 0.662. The Labute approximate surface area is 145 Å². The molecule has 3 rings (SSSR count). The zero-order valence-electron chi connectivity index (χ0n) is 13.8. The van der Waals surface area contributed by atoms with Crippen LogP contribution in [-0.2, 0) is 16.6 Å². The first-order valence-corrected chi connectivity index (χ1v) is 8.87. The van der Waals surface area contributed by atoms with Crippen LogP contribution in [0.15, 0.2) is 59.8 Å². The minimum absolute atomic E-state index is 0.177. The molecule has 0 aliphatic rings. The number of aromatic nitrogens is 4. The van der Waals surface area contributed by atoms with E-state index < -0.39 is 10.0 Å². The van der Waals surface area contributed by atoms with Crippen molar-refractivity contribution in [2.75, 3.05) is 14.2 Å². The summed E-state index contributed by atoms with van der Waals surface area (Å²) in [6, 6.07) is 13.8. The Balaban J connectivity index is 1.83. The lowest BCUT2D eigenvalue weighted by atomic mass is 10.2. The molecule has 0 aliphatic carbocycles. The number of benzene rings is 2. The molecule has 0 fully saturated rings. The minimum atomic E-state index is -3.65. The van der Waals surface area contributed by atoms with Crippen LogP contribution < -0.4 is 4.74 Å². The van der Waals surface area contributed by atoms with Crippen molar-refractivity contribution in [2.45, 2.75) is 11.4 Å². The van der Waals surface area contributed by atoms with Crippen LogP contribution in [0.3, 0.4) is 0 Å². The predicted octanol–water partition coefficient (Wildman–Crippen LogP) is 1.49. The highest BCUT2D eigenvalue weighted by atomic mass is 32.2. The van der Waals surface area contributed by atoms with E-state index in [9.17, 15) is 8.42 Å². The molecular formula is C16H17N5O3S. The van der Waals surface area contributed by atoms with Gasteiger partial charge in [0.1, 0.15) is 12.1 Å². The molecule has 0 radical (unpaired) electrons. The summed E-state index contributed by atoms with van der Waals surface area (Å²) in [4.78, 5) is 0.177. The van der Waals surface area contributed by atoms with Crippen LogP contribution in [0.4, 0.5) is 0 Å². The molecule has 0 unspecified atom stereocenters. The monoisotopic (exact) mass is 359 g/mol. The standard InChI is InChI=1S/C16H17N5O3S/c1-20(11-13-6-8-15(24-2)9-7-13)25(22,23)16-5-3-4-14(10-16)21-12-17-18-19-21/h3-10,12H,11H2,1-2H3. The lowest BCUT2D eigenvalue weighted by Crippen LogP contribution is -2.26. The molecule has 0 saturated carbocycles. The number of hydrogen-bond donors (Lipinski definition) is 0. The topological polar surface area (TPSA) is 90.2 Å². The summed E-state index contributed by atoms with van der Waals surface area (Å²) in [5.74, 6) is 0.725. The van der Waals surface area contributed by atoms with Gasteiger partial charge >= 0.3 is 0 Å². The van der Waals surface area contributed by atoms with Gasteiger partial charge in [0.15, 0.2) is 0 Å². The maximum Gasteiger partial charge on any atom is 0.243 e. The highest BCUT2D eigenvalue weighted by Crippen LogP contribution is 2.20. The van der Waals surface area contributed by atoms with Crippen molar-refractivity contribution in [1.29, 1.82) is 0 Å². The summed E-state index contributed by atoms with van der Waals surface area (Å²) in [6.07, 6.45) is 1.41.